The van der Waals surface area contributed by atoms with Crippen molar-refractivity contribution < 1.29 is 14.3 Å². The van der Waals surface area contributed by atoms with Crippen molar-refractivity contribution in [1.82, 2.24) is 5.32 Å². The number of methoxy groups -OCH3 is 1. The zero-order valence-electron chi connectivity index (χ0n) is 7.08. The molecule has 0 aromatic heterocycles. The molecule has 0 aromatic rings. The van der Waals surface area contributed by atoms with Gasteiger partial charge in [-0.3, -0.25) is 4.79 Å². The molecule has 0 spiro atoms. The fraction of sp³-hybridized carbons (Fsp3) is 0.857. The highest BCUT2D eigenvalue weighted by molar-refractivity contribution is 5.81. The first kappa shape index (κ1) is 9.44. The summed E-state index contributed by atoms with van der Waals surface area (Å²) in [7, 11) is 1.47. The number of carbonyl (C=O) groups excluding carboxylic acids is 1. The van der Waals surface area contributed by atoms with Gasteiger partial charge in [-0.25, -0.2) is 0 Å². The summed E-state index contributed by atoms with van der Waals surface area (Å²) in [6.45, 7) is 1.38. The van der Waals surface area contributed by atoms with E-state index in [2.05, 4.69) is 5.32 Å². The molecule has 5 heteroatoms. The van der Waals surface area contributed by atoms with E-state index in [0.29, 0.717) is 13.2 Å². The number of nitrogens with one attached hydrogen (secondary N) is 1. The van der Waals surface area contributed by atoms with Crippen molar-refractivity contribution in [2.24, 2.45) is 5.73 Å². The van der Waals surface area contributed by atoms with Crippen LogP contribution in [0.4, 0.5) is 0 Å². The van der Waals surface area contributed by atoms with Crippen LogP contribution in [0.25, 0.3) is 0 Å². The van der Waals surface area contributed by atoms with Gasteiger partial charge >= 0.3 is 0 Å². The molecule has 0 aromatic carbocycles. The van der Waals surface area contributed by atoms with E-state index in [0.717, 1.165) is 0 Å². The van der Waals surface area contributed by atoms with Crippen molar-refractivity contribution in [2.75, 3.05) is 26.9 Å². The molecule has 1 aliphatic rings. The number of rotatable bonds is 4. The third-order valence-corrected chi connectivity index (χ3v) is 1.78. The van der Waals surface area contributed by atoms with E-state index in [-0.39, 0.29) is 18.5 Å². The maximum Gasteiger partial charge on any atom is 0.250 e. The van der Waals surface area contributed by atoms with Gasteiger partial charge in [-0.15, -0.1) is 0 Å². The predicted molar refractivity (Wildman–Crippen MR) is 42.6 cm³/mol. The molecule has 1 heterocycles. The third kappa shape index (κ3) is 2.17. The predicted octanol–water partition coefficient (Wildman–Crippen LogP) is -1.52. The standard InChI is InChI=1S/C7H14N2O3/c1-11-6(2-8)7(10)9-5-3-12-4-5/h5-6H,2-4,8H2,1H3,(H,9,10). The molecule has 3 N–H and O–H groups in total. The Labute approximate surface area is 71.2 Å². The SMILES string of the molecule is COC(CN)C(=O)NC1COC1. The van der Waals surface area contributed by atoms with Gasteiger partial charge in [-0.05, 0) is 0 Å². The molecular formula is C7H14N2O3. The number of hydrogen-bond acceptors (Lipinski definition) is 4. The number of amides is 1. The van der Waals surface area contributed by atoms with Crippen LogP contribution in [0, 0.1) is 0 Å². The summed E-state index contributed by atoms with van der Waals surface area (Å²) >= 11 is 0. The van der Waals surface area contributed by atoms with Crippen LogP contribution in [-0.2, 0) is 14.3 Å². The average Bonchev–Trinajstić information content (AvgIpc) is 1.99. The molecule has 1 rings (SSSR count). The van der Waals surface area contributed by atoms with Crippen molar-refractivity contribution in [3.63, 3.8) is 0 Å². The first-order chi connectivity index (χ1) is 5.77. The van der Waals surface area contributed by atoms with E-state index >= 15 is 0 Å². The Balaban J connectivity index is 2.24. The first-order valence-corrected chi connectivity index (χ1v) is 3.89. The normalized spacial score (nSPS) is 19.8. The van der Waals surface area contributed by atoms with Gasteiger partial charge < -0.3 is 20.5 Å². The quantitative estimate of drug-likeness (QED) is 0.542. The number of ether oxygens (including phenoxy) is 2. The lowest BCUT2D eigenvalue weighted by molar-refractivity contribution is -0.134. The van der Waals surface area contributed by atoms with Crippen molar-refractivity contribution >= 4 is 5.91 Å². The van der Waals surface area contributed by atoms with Gasteiger partial charge in [-0.2, -0.15) is 0 Å². The highest BCUT2D eigenvalue weighted by Crippen LogP contribution is 2.00. The Bertz CT molecular complexity index is 155. The minimum Gasteiger partial charge on any atom is -0.377 e. The van der Waals surface area contributed by atoms with Crippen molar-refractivity contribution in [2.45, 2.75) is 12.1 Å². The molecule has 12 heavy (non-hydrogen) atoms. The van der Waals surface area contributed by atoms with Crippen LogP contribution in [0.3, 0.4) is 0 Å². The van der Waals surface area contributed by atoms with Gasteiger partial charge in [0.1, 0.15) is 6.10 Å². The van der Waals surface area contributed by atoms with Gasteiger partial charge in [0.15, 0.2) is 0 Å². The summed E-state index contributed by atoms with van der Waals surface area (Å²) in [6.07, 6.45) is -0.536. The highest BCUT2D eigenvalue weighted by atomic mass is 16.5. The lowest BCUT2D eigenvalue weighted by Crippen LogP contribution is -2.53. The van der Waals surface area contributed by atoms with E-state index in [4.69, 9.17) is 15.2 Å². The van der Waals surface area contributed by atoms with E-state index in [9.17, 15) is 4.79 Å². The molecule has 1 aliphatic heterocycles. The largest absolute Gasteiger partial charge is 0.377 e. The second kappa shape index (κ2) is 4.39. The summed E-state index contributed by atoms with van der Waals surface area (Å²) in [6, 6.07) is 0.140. The van der Waals surface area contributed by atoms with Crippen molar-refractivity contribution in [3.8, 4) is 0 Å². The Morgan fingerprint density at radius 1 is 1.83 bits per heavy atom. The van der Waals surface area contributed by atoms with E-state index in [1.807, 2.05) is 0 Å². The Kier molecular flexibility index (Phi) is 3.46. The summed E-state index contributed by atoms with van der Waals surface area (Å²) < 4.78 is 9.75. The van der Waals surface area contributed by atoms with E-state index in [1.54, 1.807) is 0 Å². The molecule has 5 nitrogen and oxygen atoms in total. The zero-order chi connectivity index (χ0) is 8.97. The fourth-order valence-corrected chi connectivity index (χ4v) is 0.923. The Hall–Kier alpha value is -0.650. The monoisotopic (exact) mass is 174 g/mol. The summed E-state index contributed by atoms with van der Waals surface area (Å²) in [5.41, 5.74) is 5.30. The minimum absolute atomic E-state index is 0.140. The molecule has 0 radical (unpaired) electrons. The summed E-state index contributed by atoms with van der Waals surface area (Å²) in [5, 5.41) is 2.75. The minimum atomic E-state index is -0.536. The number of nitrogens with two attached hydrogens (primary N) is 1. The second-order valence-electron chi connectivity index (χ2n) is 2.70. The highest BCUT2D eigenvalue weighted by Gasteiger charge is 2.24. The average molecular weight is 174 g/mol. The summed E-state index contributed by atoms with van der Waals surface area (Å²) in [5.74, 6) is -0.159. The maximum atomic E-state index is 11.2. The molecule has 1 amide bonds. The fourth-order valence-electron chi connectivity index (χ4n) is 0.923. The molecule has 0 saturated carbocycles. The van der Waals surface area contributed by atoms with Gasteiger partial charge in [0.2, 0.25) is 0 Å². The van der Waals surface area contributed by atoms with Crippen molar-refractivity contribution in [1.29, 1.82) is 0 Å². The van der Waals surface area contributed by atoms with Gasteiger partial charge in [0.25, 0.3) is 5.91 Å². The van der Waals surface area contributed by atoms with Crippen LogP contribution in [0.15, 0.2) is 0 Å². The van der Waals surface area contributed by atoms with Gasteiger partial charge in [0.05, 0.1) is 19.3 Å². The molecular weight excluding hydrogens is 160 g/mol. The molecule has 1 atom stereocenters. The van der Waals surface area contributed by atoms with Crippen molar-refractivity contribution in [3.05, 3.63) is 0 Å². The lowest BCUT2D eigenvalue weighted by atomic mass is 10.2. The third-order valence-electron chi connectivity index (χ3n) is 1.78. The van der Waals surface area contributed by atoms with Crippen LogP contribution >= 0.6 is 0 Å². The summed E-state index contributed by atoms with van der Waals surface area (Å²) in [4.78, 5) is 11.2. The van der Waals surface area contributed by atoms with Crippen LogP contribution in [0.2, 0.25) is 0 Å². The Morgan fingerprint density at radius 2 is 2.50 bits per heavy atom. The van der Waals surface area contributed by atoms with Gasteiger partial charge in [0, 0.05) is 13.7 Å². The molecule has 0 aliphatic carbocycles. The maximum absolute atomic E-state index is 11.2. The van der Waals surface area contributed by atoms with E-state index in [1.165, 1.54) is 7.11 Å². The van der Waals surface area contributed by atoms with Crippen LogP contribution in [0.1, 0.15) is 0 Å². The number of carbonyl (C=O) groups is 1. The number of hydrogen-bond donors (Lipinski definition) is 2. The first-order valence-electron chi connectivity index (χ1n) is 3.89. The van der Waals surface area contributed by atoms with Crippen LogP contribution < -0.4 is 11.1 Å². The molecule has 0 bridgehead atoms. The Morgan fingerprint density at radius 3 is 2.83 bits per heavy atom. The van der Waals surface area contributed by atoms with E-state index < -0.39 is 6.10 Å². The lowest BCUT2D eigenvalue weighted by Gasteiger charge is -2.28. The smallest absolute Gasteiger partial charge is 0.250 e. The molecule has 1 fully saturated rings. The molecule has 70 valence electrons. The second-order valence-corrected chi connectivity index (χ2v) is 2.70. The molecule has 1 saturated heterocycles. The zero-order valence-corrected chi connectivity index (χ0v) is 7.08. The van der Waals surface area contributed by atoms with Crippen LogP contribution in [-0.4, -0.2) is 44.9 Å². The van der Waals surface area contributed by atoms with Crippen LogP contribution in [0.5, 0.6) is 0 Å². The van der Waals surface area contributed by atoms with Gasteiger partial charge in [-0.1, -0.05) is 0 Å². The topological polar surface area (TPSA) is 73.6 Å². The molecule has 1 unspecified atom stereocenters.